The molecule has 1 aromatic rings. The van der Waals surface area contributed by atoms with Crippen molar-refractivity contribution in [2.24, 2.45) is 0 Å². The normalized spacial score (nSPS) is 23.6. The topological polar surface area (TPSA) is 61.8 Å². The summed E-state index contributed by atoms with van der Waals surface area (Å²) in [4.78, 5) is 18.7. The molecule has 7 heteroatoms. The van der Waals surface area contributed by atoms with E-state index in [0.717, 1.165) is 50.5 Å². The number of hydrogen-bond donors (Lipinski definition) is 0. The number of amides is 1. The molecule has 7 nitrogen and oxygen atoms in total. The Bertz CT molecular complexity index is 596. The van der Waals surface area contributed by atoms with E-state index in [4.69, 9.17) is 4.74 Å². The van der Waals surface area contributed by atoms with Crippen molar-refractivity contribution in [1.29, 1.82) is 0 Å². The molecule has 1 amide bonds. The molecule has 3 rings (SSSR count). The Morgan fingerprint density at radius 1 is 1.28 bits per heavy atom. The van der Waals surface area contributed by atoms with Gasteiger partial charge in [-0.05, 0) is 52.9 Å². The van der Waals surface area contributed by atoms with Gasteiger partial charge in [0.1, 0.15) is 6.61 Å². The average molecular weight is 347 g/mol. The number of morpholine rings is 1. The quantitative estimate of drug-likeness (QED) is 0.808. The van der Waals surface area contributed by atoms with Crippen LogP contribution < -0.4 is 4.90 Å². The van der Waals surface area contributed by atoms with Crippen molar-refractivity contribution in [3.63, 3.8) is 0 Å². The van der Waals surface area contributed by atoms with E-state index in [-0.39, 0.29) is 24.2 Å². The molecule has 0 N–H and O–H groups in total. The molecule has 2 aliphatic heterocycles. The van der Waals surface area contributed by atoms with Crippen LogP contribution in [-0.4, -0.2) is 84.4 Å². The lowest BCUT2D eigenvalue weighted by Crippen LogP contribution is -2.64. The summed E-state index contributed by atoms with van der Waals surface area (Å²) in [6, 6.07) is 4.12. The smallest absolute Gasteiger partial charge is 0.248 e. The molecule has 0 aromatic carbocycles. The van der Waals surface area contributed by atoms with Crippen molar-refractivity contribution in [3.05, 3.63) is 17.8 Å². The molecule has 0 aliphatic carbocycles. The lowest BCUT2D eigenvalue weighted by molar-refractivity contribution is -0.181. The molecule has 0 unspecified atom stereocenters. The molecule has 0 saturated carbocycles. The Morgan fingerprint density at radius 3 is 2.60 bits per heavy atom. The highest BCUT2D eigenvalue weighted by Crippen LogP contribution is 2.36. The summed E-state index contributed by atoms with van der Waals surface area (Å²) in [6.07, 6.45) is 1.80. The number of hydrogen-bond acceptors (Lipinski definition) is 6. The Hall–Kier alpha value is -1.73. The summed E-state index contributed by atoms with van der Waals surface area (Å²) in [7, 11) is 4.07. The third-order valence-corrected chi connectivity index (χ3v) is 5.54. The number of carbonyl (C=O) groups excluding carboxylic acids is 1. The highest BCUT2D eigenvalue weighted by atomic mass is 16.5. The molecule has 138 valence electrons. The maximum absolute atomic E-state index is 12.3. The Balaban J connectivity index is 1.66. The van der Waals surface area contributed by atoms with E-state index in [0.29, 0.717) is 0 Å². The van der Waals surface area contributed by atoms with E-state index in [1.807, 2.05) is 38.1 Å². The predicted octanol–water partition coefficient (Wildman–Crippen LogP) is 0.933. The largest absolute Gasteiger partial charge is 0.363 e. The summed E-state index contributed by atoms with van der Waals surface area (Å²) < 4.78 is 6.10. The first kappa shape index (κ1) is 18.1. The van der Waals surface area contributed by atoms with Gasteiger partial charge in [-0.3, -0.25) is 4.79 Å². The van der Waals surface area contributed by atoms with Gasteiger partial charge in [-0.15, -0.1) is 5.10 Å². The zero-order valence-electron chi connectivity index (χ0n) is 15.7. The summed E-state index contributed by atoms with van der Waals surface area (Å²) in [5.74, 6) is 1.02. The molecule has 3 heterocycles. The first-order valence-corrected chi connectivity index (χ1v) is 9.05. The summed E-state index contributed by atoms with van der Waals surface area (Å²) >= 11 is 0. The molecule has 2 aliphatic rings. The summed E-state index contributed by atoms with van der Waals surface area (Å²) in [5.41, 5.74) is 0.686. The fourth-order valence-corrected chi connectivity index (χ4v) is 3.77. The lowest BCUT2D eigenvalue weighted by Gasteiger charge is -2.51. The number of piperidine rings is 1. The van der Waals surface area contributed by atoms with Crippen LogP contribution in [0.15, 0.2) is 12.1 Å². The molecule has 2 fully saturated rings. The second-order valence-corrected chi connectivity index (χ2v) is 7.44. The molecule has 0 bridgehead atoms. The molecule has 25 heavy (non-hydrogen) atoms. The van der Waals surface area contributed by atoms with Crippen molar-refractivity contribution in [1.82, 2.24) is 20.0 Å². The van der Waals surface area contributed by atoms with Crippen LogP contribution in [0, 0.1) is 6.92 Å². The van der Waals surface area contributed by atoms with Gasteiger partial charge in [-0.25, -0.2) is 0 Å². The number of aryl methyl sites for hydroxylation is 1. The van der Waals surface area contributed by atoms with E-state index in [1.54, 1.807) is 0 Å². The second kappa shape index (κ2) is 7.25. The van der Waals surface area contributed by atoms with Gasteiger partial charge < -0.3 is 19.4 Å². The van der Waals surface area contributed by atoms with Crippen LogP contribution in [0.2, 0.25) is 0 Å². The predicted molar refractivity (Wildman–Crippen MR) is 96.6 cm³/mol. The molecule has 0 radical (unpaired) electrons. The Kier molecular flexibility index (Phi) is 5.24. The number of carbonyl (C=O) groups is 1. The number of aromatic nitrogens is 2. The van der Waals surface area contributed by atoms with E-state index in [1.165, 1.54) is 0 Å². The fraction of sp³-hybridized carbons (Fsp3) is 0.722. The zero-order chi connectivity index (χ0) is 18.0. The van der Waals surface area contributed by atoms with Crippen LogP contribution in [0.3, 0.4) is 0 Å². The molecule has 1 atom stereocenters. The minimum Gasteiger partial charge on any atom is -0.363 e. The molecular formula is C18H29N5O2. The minimum absolute atomic E-state index is 0.0972. The van der Waals surface area contributed by atoms with Crippen LogP contribution in [0.5, 0.6) is 0 Å². The van der Waals surface area contributed by atoms with Crippen LogP contribution in [0.4, 0.5) is 5.82 Å². The van der Waals surface area contributed by atoms with Crippen LogP contribution in [-0.2, 0) is 9.53 Å². The third-order valence-electron chi connectivity index (χ3n) is 5.54. The zero-order valence-corrected chi connectivity index (χ0v) is 15.7. The van der Waals surface area contributed by atoms with Gasteiger partial charge in [0, 0.05) is 26.2 Å². The van der Waals surface area contributed by atoms with E-state index >= 15 is 0 Å². The van der Waals surface area contributed by atoms with Gasteiger partial charge in [0.15, 0.2) is 5.82 Å². The SMILES string of the molecule is Cc1ccc(N2CCC3(CC2)OCC(=O)N(CCN(C)C)[C@H]3C)nn1. The molecular weight excluding hydrogens is 318 g/mol. The van der Waals surface area contributed by atoms with Gasteiger partial charge in [-0.2, -0.15) is 5.10 Å². The van der Waals surface area contributed by atoms with E-state index in [9.17, 15) is 4.79 Å². The van der Waals surface area contributed by atoms with Gasteiger partial charge in [0.05, 0.1) is 17.3 Å². The number of ether oxygens (including phenoxy) is 1. The molecule has 2 saturated heterocycles. The number of nitrogens with zero attached hydrogens (tertiary/aromatic N) is 5. The van der Waals surface area contributed by atoms with Crippen molar-refractivity contribution in [2.75, 3.05) is 51.8 Å². The van der Waals surface area contributed by atoms with Crippen LogP contribution in [0.25, 0.3) is 0 Å². The highest BCUT2D eigenvalue weighted by molar-refractivity contribution is 5.78. The number of likely N-dealkylation sites (N-methyl/N-ethyl adjacent to an activating group) is 1. The highest BCUT2D eigenvalue weighted by Gasteiger charge is 2.47. The monoisotopic (exact) mass is 347 g/mol. The first-order chi connectivity index (χ1) is 11.9. The van der Waals surface area contributed by atoms with Crippen LogP contribution >= 0.6 is 0 Å². The Labute approximate surface area is 149 Å². The fourth-order valence-electron chi connectivity index (χ4n) is 3.77. The maximum Gasteiger partial charge on any atom is 0.248 e. The average Bonchev–Trinajstić information content (AvgIpc) is 2.60. The van der Waals surface area contributed by atoms with Crippen molar-refractivity contribution in [3.8, 4) is 0 Å². The van der Waals surface area contributed by atoms with Crippen molar-refractivity contribution < 1.29 is 9.53 Å². The van der Waals surface area contributed by atoms with E-state index in [2.05, 4.69) is 26.9 Å². The van der Waals surface area contributed by atoms with Crippen LogP contribution in [0.1, 0.15) is 25.5 Å². The van der Waals surface area contributed by atoms with Gasteiger partial charge in [0.2, 0.25) is 5.91 Å². The third kappa shape index (κ3) is 3.77. The van der Waals surface area contributed by atoms with E-state index < -0.39 is 0 Å². The first-order valence-electron chi connectivity index (χ1n) is 9.05. The van der Waals surface area contributed by atoms with Crippen molar-refractivity contribution >= 4 is 11.7 Å². The standard InChI is InChI=1S/C18H29N5O2/c1-14-5-6-16(20-19-14)22-9-7-18(8-10-22)15(2)23(12-11-21(3)4)17(24)13-25-18/h5-6,15H,7-13H2,1-4H3/t15-/m0/s1. The summed E-state index contributed by atoms with van der Waals surface area (Å²) in [5, 5.41) is 8.45. The maximum atomic E-state index is 12.3. The molecule has 1 spiro atoms. The summed E-state index contributed by atoms with van der Waals surface area (Å²) in [6.45, 7) is 7.65. The minimum atomic E-state index is -0.241. The van der Waals surface area contributed by atoms with Gasteiger partial charge in [-0.1, -0.05) is 0 Å². The van der Waals surface area contributed by atoms with Gasteiger partial charge >= 0.3 is 0 Å². The van der Waals surface area contributed by atoms with Gasteiger partial charge in [0.25, 0.3) is 0 Å². The Morgan fingerprint density at radius 2 is 2.00 bits per heavy atom. The number of anilines is 1. The number of rotatable bonds is 4. The molecule has 1 aromatic heterocycles. The lowest BCUT2D eigenvalue weighted by atomic mass is 9.82. The second-order valence-electron chi connectivity index (χ2n) is 7.44. The van der Waals surface area contributed by atoms with Crippen molar-refractivity contribution in [2.45, 2.75) is 38.3 Å².